The summed E-state index contributed by atoms with van der Waals surface area (Å²) in [7, 11) is 0. The van der Waals surface area contributed by atoms with E-state index in [9.17, 15) is 0 Å². The van der Waals surface area contributed by atoms with Gasteiger partial charge in [-0.15, -0.1) is 0 Å². The van der Waals surface area contributed by atoms with Gasteiger partial charge in [-0.3, -0.25) is 9.89 Å². The maximum absolute atomic E-state index is 5.45. The average Bonchev–Trinajstić information content (AvgIpc) is 3.17. The molecule has 2 unspecified atom stereocenters. The summed E-state index contributed by atoms with van der Waals surface area (Å²) in [6.07, 6.45) is 5.04. The van der Waals surface area contributed by atoms with E-state index in [4.69, 9.17) is 14.1 Å². The van der Waals surface area contributed by atoms with Crippen molar-refractivity contribution >= 4 is 5.96 Å². The average molecular weight is 377 g/mol. The van der Waals surface area contributed by atoms with Crippen molar-refractivity contribution in [3.63, 3.8) is 0 Å². The summed E-state index contributed by atoms with van der Waals surface area (Å²) < 4.78 is 10.9. The third-order valence-electron chi connectivity index (χ3n) is 5.40. The highest BCUT2D eigenvalue weighted by atomic mass is 16.5. The zero-order chi connectivity index (χ0) is 18.9. The van der Waals surface area contributed by atoms with Crippen LogP contribution in [0.25, 0.3) is 0 Å². The molecule has 1 aromatic heterocycles. The van der Waals surface area contributed by atoms with Crippen LogP contribution in [0.3, 0.4) is 0 Å². The van der Waals surface area contributed by atoms with Crippen LogP contribution in [0.5, 0.6) is 0 Å². The predicted octanol–water partition coefficient (Wildman–Crippen LogP) is 2.47. The van der Waals surface area contributed by atoms with Crippen molar-refractivity contribution in [1.82, 2.24) is 15.1 Å². The zero-order valence-electron chi connectivity index (χ0n) is 17.0. The quantitative estimate of drug-likeness (QED) is 0.450. The Morgan fingerprint density at radius 1 is 1.22 bits per heavy atom. The third kappa shape index (κ3) is 6.85. The van der Waals surface area contributed by atoms with Crippen LogP contribution in [0, 0.1) is 11.8 Å². The first-order valence-electron chi connectivity index (χ1n) is 10.6. The van der Waals surface area contributed by atoms with E-state index in [0.717, 1.165) is 95.4 Å². The van der Waals surface area contributed by atoms with Crippen LogP contribution in [0.15, 0.2) is 27.8 Å². The summed E-state index contributed by atoms with van der Waals surface area (Å²) in [6, 6.07) is 3.98. The monoisotopic (exact) mass is 376 g/mol. The molecule has 0 amide bonds. The first-order valence-corrected chi connectivity index (χ1v) is 10.6. The third-order valence-corrected chi connectivity index (χ3v) is 5.40. The van der Waals surface area contributed by atoms with Crippen LogP contribution in [0.2, 0.25) is 0 Å². The van der Waals surface area contributed by atoms with Crippen molar-refractivity contribution in [3.8, 4) is 0 Å². The van der Waals surface area contributed by atoms with E-state index in [1.54, 1.807) is 6.26 Å². The van der Waals surface area contributed by atoms with Gasteiger partial charge in [-0.1, -0.05) is 13.8 Å². The van der Waals surface area contributed by atoms with E-state index < -0.39 is 0 Å². The van der Waals surface area contributed by atoms with Crippen molar-refractivity contribution in [2.75, 3.05) is 59.0 Å². The van der Waals surface area contributed by atoms with Gasteiger partial charge in [0.05, 0.1) is 19.5 Å². The zero-order valence-corrected chi connectivity index (χ0v) is 17.0. The number of morpholine rings is 1. The molecule has 6 nitrogen and oxygen atoms in total. The highest BCUT2D eigenvalue weighted by molar-refractivity contribution is 5.80. The van der Waals surface area contributed by atoms with Gasteiger partial charge in [0, 0.05) is 52.2 Å². The molecule has 6 heteroatoms. The second-order valence-electron chi connectivity index (χ2n) is 8.12. The molecule has 3 heterocycles. The Morgan fingerprint density at radius 2 is 2.00 bits per heavy atom. The number of hydrogen-bond donors (Lipinski definition) is 1. The van der Waals surface area contributed by atoms with E-state index in [2.05, 4.69) is 29.0 Å². The Morgan fingerprint density at radius 3 is 2.70 bits per heavy atom. The first-order chi connectivity index (χ1) is 13.2. The number of hydrogen-bond acceptors (Lipinski definition) is 4. The van der Waals surface area contributed by atoms with Crippen molar-refractivity contribution < 1.29 is 9.15 Å². The Bertz CT molecular complexity index is 545. The molecule has 1 aromatic rings. The molecule has 2 aliphatic rings. The summed E-state index contributed by atoms with van der Waals surface area (Å²) in [5, 5.41) is 3.59. The van der Waals surface area contributed by atoms with Crippen molar-refractivity contribution in [2.45, 2.75) is 33.1 Å². The normalized spacial score (nSPS) is 25.0. The lowest BCUT2D eigenvalue weighted by molar-refractivity contribution is 0.0377. The van der Waals surface area contributed by atoms with Gasteiger partial charge in [-0.25, -0.2) is 0 Å². The van der Waals surface area contributed by atoms with Gasteiger partial charge in [0.25, 0.3) is 0 Å². The standard InChI is InChI=1S/C21H36N4O2/c1-18-15-19(2)17-25(16-18)21(23-8-6-20-5-3-12-27-20)22-7-4-9-24-10-13-26-14-11-24/h3,5,12,18-19H,4,6-11,13-17H2,1-2H3,(H,22,23). The molecule has 0 bridgehead atoms. The van der Waals surface area contributed by atoms with E-state index in [-0.39, 0.29) is 0 Å². The van der Waals surface area contributed by atoms with E-state index >= 15 is 0 Å². The van der Waals surface area contributed by atoms with Crippen molar-refractivity contribution in [2.24, 2.45) is 16.8 Å². The molecule has 2 saturated heterocycles. The highest BCUT2D eigenvalue weighted by Crippen LogP contribution is 2.21. The van der Waals surface area contributed by atoms with Crippen LogP contribution in [0.4, 0.5) is 0 Å². The van der Waals surface area contributed by atoms with Gasteiger partial charge in [0.15, 0.2) is 5.96 Å². The summed E-state index contributed by atoms with van der Waals surface area (Å²) in [4.78, 5) is 9.90. The molecule has 27 heavy (non-hydrogen) atoms. The number of nitrogens with one attached hydrogen (secondary N) is 1. The molecule has 1 N–H and O–H groups in total. The van der Waals surface area contributed by atoms with Crippen LogP contribution in [-0.2, 0) is 11.2 Å². The maximum Gasteiger partial charge on any atom is 0.193 e. The molecule has 152 valence electrons. The lowest BCUT2D eigenvalue weighted by Gasteiger charge is -2.37. The van der Waals surface area contributed by atoms with Crippen molar-refractivity contribution in [1.29, 1.82) is 0 Å². The fourth-order valence-corrected chi connectivity index (χ4v) is 4.16. The Hall–Kier alpha value is -1.53. The summed E-state index contributed by atoms with van der Waals surface area (Å²) >= 11 is 0. The lowest BCUT2D eigenvalue weighted by Crippen LogP contribution is -2.49. The summed E-state index contributed by atoms with van der Waals surface area (Å²) in [6.45, 7) is 13.6. The molecule has 0 radical (unpaired) electrons. The fraction of sp³-hybridized carbons (Fsp3) is 0.762. The predicted molar refractivity (Wildman–Crippen MR) is 109 cm³/mol. The van der Waals surface area contributed by atoms with Gasteiger partial charge in [-0.2, -0.15) is 0 Å². The van der Waals surface area contributed by atoms with Gasteiger partial charge in [-0.05, 0) is 36.8 Å². The number of likely N-dealkylation sites (tertiary alicyclic amines) is 1. The second kappa shape index (κ2) is 10.7. The van der Waals surface area contributed by atoms with Gasteiger partial charge in [0.1, 0.15) is 5.76 Å². The largest absolute Gasteiger partial charge is 0.469 e. The van der Waals surface area contributed by atoms with Crippen LogP contribution < -0.4 is 5.32 Å². The first kappa shape index (κ1) is 20.2. The van der Waals surface area contributed by atoms with E-state index in [1.807, 2.05) is 12.1 Å². The van der Waals surface area contributed by atoms with Crippen LogP contribution in [-0.4, -0.2) is 74.8 Å². The molecule has 2 fully saturated rings. The molecule has 0 spiro atoms. The topological polar surface area (TPSA) is 53.2 Å². The van der Waals surface area contributed by atoms with E-state index in [1.165, 1.54) is 6.42 Å². The lowest BCUT2D eigenvalue weighted by atomic mass is 9.92. The highest BCUT2D eigenvalue weighted by Gasteiger charge is 2.24. The minimum Gasteiger partial charge on any atom is -0.469 e. The maximum atomic E-state index is 5.45. The number of furan rings is 1. The van der Waals surface area contributed by atoms with Crippen molar-refractivity contribution in [3.05, 3.63) is 24.2 Å². The van der Waals surface area contributed by atoms with Crippen LogP contribution >= 0.6 is 0 Å². The molecule has 2 atom stereocenters. The Kier molecular flexibility index (Phi) is 8.02. The number of rotatable bonds is 7. The summed E-state index contributed by atoms with van der Waals surface area (Å²) in [5.74, 6) is 3.54. The molecule has 0 aliphatic carbocycles. The second-order valence-corrected chi connectivity index (χ2v) is 8.12. The SMILES string of the molecule is CC1CC(C)CN(C(=NCCCN2CCOCC2)NCCc2ccco2)C1. The molecule has 0 saturated carbocycles. The fourth-order valence-electron chi connectivity index (χ4n) is 4.16. The number of aliphatic imine (C=N–C) groups is 1. The number of nitrogens with zero attached hydrogens (tertiary/aromatic N) is 3. The molecule has 2 aliphatic heterocycles. The molecular weight excluding hydrogens is 340 g/mol. The smallest absolute Gasteiger partial charge is 0.193 e. The van der Waals surface area contributed by atoms with Crippen LogP contribution in [0.1, 0.15) is 32.4 Å². The minimum absolute atomic E-state index is 0.721. The number of guanidine groups is 1. The van der Waals surface area contributed by atoms with Gasteiger partial charge >= 0.3 is 0 Å². The molecule has 3 rings (SSSR count). The number of piperidine rings is 1. The molecular formula is C21H36N4O2. The molecule has 0 aromatic carbocycles. The van der Waals surface area contributed by atoms with E-state index in [0.29, 0.717) is 0 Å². The Balaban J connectivity index is 1.50. The Labute approximate surface area is 163 Å². The minimum atomic E-state index is 0.721. The van der Waals surface area contributed by atoms with Gasteiger partial charge < -0.3 is 19.4 Å². The summed E-state index contributed by atoms with van der Waals surface area (Å²) in [5.41, 5.74) is 0. The number of ether oxygens (including phenoxy) is 1. The van der Waals surface area contributed by atoms with Gasteiger partial charge in [0.2, 0.25) is 0 Å².